The molecule has 0 aromatic carbocycles. The van der Waals surface area contributed by atoms with Gasteiger partial charge in [-0.3, -0.25) is 19.3 Å². The van der Waals surface area contributed by atoms with Crippen molar-refractivity contribution in [2.45, 2.75) is 20.4 Å². The van der Waals surface area contributed by atoms with Crippen molar-refractivity contribution in [3.63, 3.8) is 0 Å². The van der Waals surface area contributed by atoms with Crippen molar-refractivity contribution in [1.82, 2.24) is 9.47 Å². The van der Waals surface area contributed by atoms with Crippen LogP contribution in [0.4, 0.5) is 5.69 Å². The summed E-state index contributed by atoms with van der Waals surface area (Å²) < 4.78 is 1.42. The highest BCUT2D eigenvalue weighted by Crippen LogP contribution is 2.63. The Kier molecular flexibility index (Phi) is 2.54. The van der Waals surface area contributed by atoms with Gasteiger partial charge in [-0.05, 0) is 11.5 Å². The predicted molar refractivity (Wildman–Crippen MR) is 72.6 cm³/mol. The van der Waals surface area contributed by atoms with Gasteiger partial charge in [0.2, 0.25) is 11.8 Å². The number of nitrogen functional groups attached to an aromatic ring is 1. The Morgan fingerprint density at radius 1 is 1.10 bits per heavy atom. The number of carbonyl (C=O) groups is 2. The fraction of sp³-hybridized carbons (Fsp3) is 0.500. The first kappa shape index (κ1) is 12.9. The standard InChI is InChI=1S/C14H17N3O3/c1-14(2)10-11(14)13(20)17(12(10)19)6-5-16-7-8(15)3-4-9(16)18/h3-4,7,10-11H,5-6,15H2,1-2H3. The van der Waals surface area contributed by atoms with Crippen LogP contribution in [0.5, 0.6) is 0 Å². The minimum atomic E-state index is -0.196. The quantitative estimate of drug-likeness (QED) is 0.791. The molecule has 2 fully saturated rings. The molecule has 3 rings (SSSR count). The van der Waals surface area contributed by atoms with Crippen LogP contribution in [0.25, 0.3) is 0 Å². The maximum Gasteiger partial charge on any atom is 0.250 e. The lowest BCUT2D eigenvalue weighted by atomic mass is 10.1. The van der Waals surface area contributed by atoms with Crippen molar-refractivity contribution >= 4 is 17.5 Å². The third-order valence-electron chi connectivity index (χ3n) is 4.46. The van der Waals surface area contributed by atoms with Crippen molar-refractivity contribution in [1.29, 1.82) is 0 Å². The van der Waals surface area contributed by atoms with Gasteiger partial charge in [-0.15, -0.1) is 0 Å². The number of amides is 2. The summed E-state index contributed by atoms with van der Waals surface area (Å²) in [7, 11) is 0. The van der Waals surface area contributed by atoms with Gasteiger partial charge in [0.25, 0.3) is 5.56 Å². The number of likely N-dealkylation sites (tertiary alicyclic amines) is 1. The molecule has 2 heterocycles. The molecule has 20 heavy (non-hydrogen) atoms. The Bertz CT molecular complexity index is 638. The van der Waals surface area contributed by atoms with E-state index < -0.39 is 0 Å². The van der Waals surface area contributed by atoms with Gasteiger partial charge in [0.1, 0.15) is 0 Å². The Morgan fingerprint density at radius 3 is 2.30 bits per heavy atom. The number of anilines is 1. The summed E-state index contributed by atoms with van der Waals surface area (Å²) in [5.74, 6) is -0.566. The highest BCUT2D eigenvalue weighted by Gasteiger charge is 2.72. The lowest BCUT2D eigenvalue weighted by molar-refractivity contribution is -0.143. The van der Waals surface area contributed by atoms with Crippen LogP contribution in [0.3, 0.4) is 0 Å². The molecule has 1 aromatic heterocycles. The second-order valence-electron chi connectivity index (χ2n) is 6.10. The Morgan fingerprint density at radius 2 is 1.70 bits per heavy atom. The van der Waals surface area contributed by atoms with Crippen molar-refractivity contribution in [3.8, 4) is 0 Å². The molecule has 0 radical (unpaired) electrons. The van der Waals surface area contributed by atoms with Crippen LogP contribution in [0.2, 0.25) is 0 Å². The van der Waals surface area contributed by atoms with Crippen LogP contribution in [0.15, 0.2) is 23.1 Å². The number of hydrogen-bond acceptors (Lipinski definition) is 4. The van der Waals surface area contributed by atoms with Gasteiger partial charge >= 0.3 is 0 Å². The Balaban J connectivity index is 1.72. The molecule has 1 aliphatic carbocycles. The monoisotopic (exact) mass is 275 g/mol. The Hall–Kier alpha value is -2.11. The molecule has 6 heteroatoms. The maximum atomic E-state index is 12.1. The summed E-state index contributed by atoms with van der Waals surface area (Å²) in [5, 5.41) is 0. The zero-order valence-electron chi connectivity index (χ0n) is 11.5. The van der Waals surface area contributed by atoms with Crippen molar-refractivity contribution in [2.75, 3.05) is 12.3 Å². The van der Waals surface area contributed by atoms with Gasteiger partial charge in [-0.2, -0.15) is 0 Å². The number of carbonyl (C=O) groups excluding carboxylic acids is 2. The van der Waals surface area contributed by atoms with Crippen LogP contribution in [-0.2, 0) is 16.1 Å². The number of nitrogens with two attached hydrogens (primary N) is 1. The van der Waals surface area contributed by atoms with Crippen LogP contribution in [-0.4, -0.2) is 27.8 Å². The third kappa shape index (κ3) is 1.67. The molecule has 6 nitrogen and oxygen atoms in total. The van der Waals surface area contributed by atoms with E-state index in [2.05, 4.69) is 0 Å². The number of nitrogens with zero attached hydrogens (tertiary/aromatic N) is 2. The molecule has 0 bridgehead atoms. The summed E-state index contributed by atoms with van der Waals surface area (Å²) in [6, 6.07) is 2.91. The molecular formula is C14H17N3O3. The van der Waals surface area contributed by atoms with Crippen molar-refractivity contribution in [2.24, 2.45) is 17.3 Å². The predicted octanol–water partition coefficient (Wildman–Crippen LogP) is 0.0715. The second-order valence-corrected chi connectivity index (χ2v) is 6.10. The van der Waals surface area contributed by atoms with E-state index in [1.807, 2.05) is 13.8 Å². The summed E-state index contributed by atoms with van der Waals surface area (Å²) in [6.07, 6.45) is 1.53. The molecule has 2 aliphatic rings. The summed E-state index contributed by atoms with van der Waals surface area (Å²) in [4.78, 5) is 37.2. The molecule has 0 spiro atoms. The first-order valence-electron chi connectivity index (χ1n) is 6.65. The van der Waals surface area contributed by atoms with E-state index in [0.717, 1.165) is 0 Å². The third-order valence-corrected chi connectivity index (χ3v) is 4.46. The second kappa shape index (κ2) is 3.94. The van der Waals surface area contributed by atoms with E-state index in [9.17, 15) is 14.4 Å². The number of hydrogen-bond donors (Lipinski definition) is 1. The maximum absolute atomic E-state index is 12.1. The lowest BCUT2D eigenvalue weighted by Gasteiger charge is -2.20. The van der Waals surface area contributed by atoms with Crippen LogP contribution < -0.4 is 11.3 Å². The SMILES string of the molecule is CC1(C)C2C(=O)N(CCn3cc(N)ccc3=O)C(=O)C21. The first-order chi connectivity index (χ1) is 9.34. The van der Waals surface area contributed by atoms with E-state index in [0.29, 0.717) is 5.69 Å². The molecule has 2 amide bonds. The van der Waals surface area contributed by atoms with Crippen molar-refractivity contribution < 1.29 is 9.59 Å². The van der Waals surface area contributed by atoms with Gasteiger partial charge in [0, 0.05) is 31.0 Å². The average molecular weight is 275 g/mol. The van der Waals surface area contributed by atoms with E-state index >= 15 is 0 Å². The minimum absolute atomic E-state index is 0.109. The highest BCUT2D eigenvalue weighted by molar-refractivity contribution is 6.10. The molecular weight excluding hydrogens is 258 g/mol. The molecule has 106 valence electrons. The average Bonchev–Trinajstić information content (AvgIpc) is 2.84. The van der Waals surface area contributed by atoms with Crippen LogP contribution in [0, 0.1) is 17.3 Å². The molecule has 1 aromatic rings. The van der Waals surface area contributed by atoms with Crippen LogP contribution in [0.1, 0.15) is 13.8 Å². The highest BCUT2D eigenvalue weighted by atomic mass is 16.2. The number of rotatable bonds is 3. The summed E-state index contributed by atoms with van der Waals surface area (Å²) in [6.45, 7) is 4.39. The normalized spacial score (nSPS) is 26.8. The number of aromatic nitrogens is 1. The van der Waals surface area contributed by atoms with E-state index in [4.69, 9.17) is 5.73 Å². The molecule has 2 atom stereocenters. The van der Waals surface area contributed by atoms with Crippen molar-refractivity contribution in [3.05, 3.63) is 28.7 Å². The fourth-order valence-corrected chi connectivity index (χ4v) is 3.16. The van der Waals surface area contributed by atoms with Crippen LogP contribution >= 0.6 is 0 Å². The van der Waals surface area contributed by atoms with Gasteiger partial charge in [-0.1, -0.05) is 13.8 Å². The van der Waals surface area contributed by atoms with E-state index in [1.54, 1.807) is 0 Å². The number of piperidine rings is 1. The van der Waals surface area contributed by atoms with Gasteiger partial charge in [0.15, 0.2) is 0 Å². The Labute approximate surface area is 116 Å². The van der Waals surface area contributed by atoms with Gasteiger partial charge in [0.05, 0.1) is 11.8 Å². The summed E-state index contributed by atoms with van der Waals surface area (Å²) in [5.41, 5.74) is 5.72. The van der Waals surface area contributed by atoms with E-state index in [1.165, 1.54) is 27.8 Å². The smallest absolute Gasteiger partial charge is 0.250 e. The molecule has 1 saturated carbocycles. The fourth-order valence-electron chi connectivity index (χ4n) is 3.16. The minimum Gasteiger partial charge on any atom is -0.398 e. The van der Waals surface area contributed by atoms with E-state index in [-0.39, 0.29) is 47.7 Å². The number of pyridine rings is 1. The lowest BCUT2D eigenvalue weighted by Crippen LogP contribution is -2.39. The zero-order valence-corrected chi connectivity index (χ0v) is 11.5. The number of fused-ring (bicyclic) bond motifs is 1. The van der Waals surface area contributed by atoms with Gasteiger partial charge < -0.3 is 10.3 Å². The first-order valence-corrected chi connectivity index (χ1v) is 6.65. The molecule has 1 saturated heterocycles. The number of imide groups is 1. The topological polar surface area (TPSA) is 85.4 Å². The largest absolute Gasteiger partial charge is 0.398 e. The molecule has 1 aliphatic heterocycles. The summed E-state index contributed by atoms with van der Waals surface area (Å²) >= 11 is 0. The van der Waals surface area contributed by atoms with Gasteiger partial charge in [-0.25, -0.2) is 0 Å². The zero-order chi connectivity index (χ0) is 14.7. The molecule has 2 N–H and O–H groups in total. The molecule has 2 unspecified atom stereocenters.